The smallest absolute Gasteiger partial charge is 0.336 e. The highest BCUT2D eigenvalue weighted by molar-refractivity contribution is 5.97. The maximum atomic E-state index is 11.1. The van der Waals surface area contributed by atoms with Crippen LogP contribution in [0.15, 0.2) is 42.5 Å². The van der Waals surface area contributed by atoms with Crippen LogP contribution < -0.4 is 0 Å². The molecule has 0 fully saturated rings. The molecule has 0 unspecified atom stereocenters. The minimum absolute atomic E-state index is 0.0294. The van der Waals surface area contributed by atoms with E-state index in [1.165, 1.54) is 24.3 Å². The highest BCUT2D eigenvalue weighted by atomic mass is 16.6. The van der Waals surface area contributed by atoms with E-state index < -0.39 is 22.3 Å². The predicted molar refractivity (Wildman–Crippen MR) is 67.2 cm³/mol. The lowest BCUT2D eigenvalue weighted by Gasteiger charge is -2.08. The molecule has 0 atom stereocenters. The summed E-state index contributed by atoms with van der Waals surface area (Å²) >= 11 is 0. The molecule has 96 valence electrons. The minimum atomic E-state index is -1.17. The molecule has 6 nitrogen and oxygen atoms in total. The molecule has 0 amide bonds. The molecule has 0 saturated heterocycles. The lowest BCUT2D eigenvalue weighted by Crippen LogP contribution is -1.99. The van der Waals surface area contributed by atoms with E-state index in [0.717, 1.165) is 6.07 Å². The predicted octanol–water partition coefficient (Wildman–Crippen LogP) is 2.67. The van der Waals surface area contributed by atoms with Gasteiger partial charge < -0.3 is 10.2 Å². The number of phenols is 1. The number of aromatic hydroxyl groups is 1. The van der Waals surface area contributed by atoms with Gasteiger partial charge in [0.25, 0.3) is 0 Å². The number of carboxylic acids is 1. The number of nitro groups is 1. The fraction of sp³-hybridized carbons (Fsp3) is 0. The number of aromatic carboxylic acids is 1. The van der Waals surface area contributed by atoms with E-state index in [2.05, 4.69) is 0 Å². The van der Waals surface area contributed by atoms with Crippen LogP contribution in [-0.2, 0) is 0 Å². The van der Waals surface area contributed by atoms with Crippen molar-refractivity contribution in [2.45, 2.75) is 0 Å². The monoisotopic (exact) mass is 259 g/mol. The van der Waals surface area contributed by atoms with Crippen LogP contribution in [0.5, 0.6) is 5.75 Å². The van der Waals surface area contributed by atoms with E-state index in [4.69, 9.17) is 5.11 Å². The number of benzene rings is 2. The number of carboxylic acid groups (broad SMARTS) is 1. The Labute approximate surface area is 107 Å². The molecule has 0 aliphatic carbocycles. The number of nitrogens with zero attached hydrogens (tertiary/aromatic N) is 1. The third-order valence-corrected chi connectivity index (χ3v) is 2.66. The molecule has 19 heavy (non-hydrogen) atoms. The van der Waals surface area contributed by atoms with Crippen molar-refractivity contribution < 1.29 is 19.9 Å². The first-order valence-corrected chi connectivity index (χ1v) is 5.31. The molecule has 6 heteroatoms. The van der Waals surface area contributed by atoms with Gasteiger partial charge in [0.05, 0.1) is 10.5 Å². The van der Waals surface area contributed by atoms with Gasteiger partial charge in [0, 0.05) is 17.2 Å². The fourth-order valence-electron chi connectivity index (χ4n) is 1.80. The van der Waals surface area contributed by atoms with Crippen molar-refractivity contribution in [2.24, 2.45) is 0 Å². The van der Waals surface area contributed by atoms with Crippen molar-refractivity contribution >= 4 is 11.7 Å². The van der Waals surface area contributed by atoms with Crippen LogP contribution in [-0.4, -0.2) is 21.1 Å². The molecular formula is C13H9NO5. The first kappa shape index (κ1) is 12.6. The van der Waals surface area contributed by atoms with Gasteiger partial charge in [-0.2, -0.15) is 0 Å². The average molecular weight is 259 g/mol. The van der Waals surface area contributed by atoms with Crippen LogP contribution in [0.25, 0.3) is 11.1 Å². The third-order valence-electron chi connectivity index (χ3n) is 2.66. The molecular weight excluding hydrogens is 250 g/mol. The summed E-state index contributed by atoms with van der Waals surface area (Å²) in [6.45, 7) is 0. The summed E-state index contributed by atoms with van der Waals surface area (Å²) < 4.78 is 0. The summed E-state index contributed by atoms with van der Waals surface area (Å²) in [5, 5.41) is 29.7. The van der Waals surface area contributed by atoms with Gasteiger partial charge in [-0.1, -0.05) is 30.3 Å². The number of hydrogen-bond donors (Lipinski definition) is 2. The van der Waals surface area contributed by atoms with Crippen LogP contribution in [0.2, 0.25) is 0 Å². The second-order valence-electron chi connectivity index (χ2n) is 3.78. The highest BCUT2D eigenvalue weighted by Gasteiger charge is 2.20. The number of carbonyl (C=O) groups is 1. The fourth-order valence-corrected chi connectivity index (χ4v) is 1.80. The van der Waals surface area contributed by atoms with Crippen molar-refractivity contribution in [1.29, 1.82) is 0 Å². The summed E-state index contributed by atoms with van der Waals surface area (Å²) in [6.07, 6.45) is 0. The van der Waals surface area contributed by atoms with Gasteiger partial charge in [-0.15, -0.1) is 0 Å². The molecule has 0 aliphatic rings. The Morgan fingerprint density at radius 3 is 2.32 bits per heavy atom. The lowest BCUT2D eigenvalue weighted by atomic mass is 9.98. The van der Waals surface area contributed by atoms with Gasteiger partial charge in [0.2, 0.25) is 5.75 Å². The second-order valence-corrected chi connectivity index (χ2v) is 3.78. The zero-order chi connectivity index (χ0) is 14.0. The molecule has 0 bridgehead atoms. The molecule has 2 rings (SSSR count). The average Bonchev–Trinajstić information content (AvgIpc) is 2.38. The summed E-state index contributed by atoms with van der Waals surface area (Å²) in [5.41, 5.74) is -0.139. The number of hydrogen-bond acceptors (Lipinski definition) is 4. The molecule has 2 aromatic carbocycles. The maximum Gasteiger partial charge on any atom is 0.336 e. The Bertz CT molecular complexity index is 666. The number of para-hydroxylation sites is 1. The van der Waals surface area contributed by atoms with E-state index in [1.807, 2.05) is 0 Å². The number of nitro benzene ring substituents is 1. The van der Waals surface area contributed by atoms with E-state index in [1.54, 1.807) is 12.1 Å². The van der Waals surface area contributed by atoms with E-state index in [0.29, 0.717) is 0 Å². The largest absolute Gasteiger partial charge is 0.502 e. The van der Waals surface area contributed by atoms with Gasteiger partial charge in [-0.05, 0) is 6.07 Å². The Balaban J connectivity index is 2.70. The van der Waals surface area contributed by atoms with Gasteiger partial charge in [-0.3, -0.25) is 10.1 Å². The van der Waals surface area contributed by atoms with Crippen LogP contribution >= 0.6 is 0 Å². The molecule has 2 aromatic rings. The zero-order valence-corrected chi connectivity index (χ0v) is 9.61. The molecule has 0 spiro atoms. The first-order chi connectivity index (χ1) is 9.02. The van der Waals surface area contributed by atoms with Gasteiger partial charge in [0.15, 0.2) is 0 Å². The third kappa shape index (κ3) is 2.23. The van der Waals surface area contributed by atoms with E-state index >= 15 is 0 Å². The Morgan fingerprint density at radius 2 is 1.68 bits per heavy atom. The summed E-state index contributed by atoms with van der Waals surface area (Å²) in [6, 6.07) is 9.98. The second kappa shape index (κ2) is 4.77. The minimum Gasteiger partial charge on any atom is -0.502 e. The summed E-state index contributed by atoms with van der Waals surface area (Å²) in [5.74, 6) is -1.71. The molecule has 0 aliphatic heterocycles. The SMILES string of the molecule is O=C(O)c1ccccc1-c1cccc([N+](=O)[O-])c1O. The van der Waals surface area contributed by atoms with Crippen LogP contribution in [0, 0.1) is 10.1 Å². The Morgan fingerprint density at radius 1 is 1.05 bits per heavy atom. The van der Waals surface area contributed by atoms with Crippen molar-refractivity contribution in [3.63, 3.8) is 0 Å². The van der Waals surface area contributed by atoms with Gasteiger partial charge in [0.1, 0.15) is 0 Å². The number of phenolic OH excluding ortho intramolecular Hbond substituents is 1. The van der Waals surface area contributed by atoms with Crippen molar-refractivity contribution in [3.05, 3.63) is 58.1 Å². The van der Waals surface area contributed by atoms with Crippen LogP contribution in [0.1, 0.15) is 10.4 Å². The maximum absolute atomic E-state index is 11.1. The standard InChI is InChI=1S/C13H9NO5/c15-12-9(6-3-7-11(12)14(18)19)8-4-1-2-5-10(8)13(16)17/h1-7,15H,(H,16,17). The Hall–Kier alpha value is -2.89. The topological polar surface area (TPSA) is 101 Å². The Kier molecular flexibility index (Phi) is 3.15. The lowest BCUT2D eigenvalue weighted by molar-refractivity contribution is -0.385. The molecule has 0 heterocycles. The molecule has 2 N–H and O–H groups in total. The van der Waals surface area contributed by atoms with Gasteiger partial charge >= 0.3 is 11.7 Å². The van der Waals surface area contributed by atoms with Crippen LogP contribution in [0.4, 0.5) is 5.69 Å². The van der Waals surface area contributed by atoms with E-state index in [9.17, 15) is 20.0 Å². The molecule has 0 aromatic heterocycles. The first-order valence-electron chi connectivity index (χ1n) is 5.31. The number of rotatable bonds is 3. The van der Waals surface area contributed by atoms with Crippen LogP contribution in [0.3, 0.4) is 0 Å². The quantitative estimate of drug-likeness (QED) is 0.651. The van der Waals surface area contributed by atoms with Crippen molar-refractivity contribution in [2.75, 3.05) is 0 Å². The summed E-state index contributed by atoms with van der Waals surface area (Å²) in [4.78, 5) is 21.1. The van der Waals surface area contributed by atoms with E-state index in [-0.39, 0.29) is 16.7 Å². The highest BCUT2D eigenvalue weighted by Crippen LogP contribution is 2.37. The molecule has 0 radical (unpaired) electrons. The van der Waals surface area contributed by atoms with Crippen molar-refractivity contribution in [3.8, 4) is 16.9 Å². The van der Waals surface area contributed by atoms with Gasteiger partial charge in [-0.25, -0.2) is 4.79 Å². The molecule has 0 saturated carbocycles. The normalized spacial score (nSPS) is 10.1. The summed E-state index contributed by atoms with van der Waals surface area (Å²) in [7, 11) is 0. The van der Waals surface area contributed by atoms with Crippen molar-refractivity contribution in [1.82, 2.24) is 0 Å². The zero-order valence-electron chi connectivity index (χ0n) is 9.61.